The van der Waals surface area contributed by atoms with E-state index in [4.69, 9.17) is 14.2 Å². The van der Waals surface area contributed by atoms with E-state index in [0.29, 0.717) is 0 Å². The van der Waals surface area contributed by atoms with Gasteiger partial charge >= 0.3 is 5.97 Å². The SMILES string of the molecule is CC[C@@]1(O)C[C@H](O[C@H]2C[C@H](O)[C@@H](O)[C@H](C)O2)c2c(O)c3c(c(O)c2[C@H]1C(=O)OC)C(=O)c1cccc(O)c1C3=O. The molecule has 0 unspecified atom stereocenters. The third kappa shape index (κ3) is 3.98. The van der Waals surface area contributed by atoms with E-state index in [-0.39, 0.29) is 41.5 Å². The minimum atomic E-state index is -1.90. The number of carbonyl (C=O) groups is 3. The molecule has 0 aromatic heterocycles. The van der Waals surface area contributed by atoms with Crippen molar-refractivity contribution in [3.63, 3.8) is 0 Å². The van der Waals surface area contributed by atoms with Crippen LogP contribution in [0.1, 0.15) is 88.1 Å². The van der Waals surface area contributed by atoms with Gasteiger partial charge < -0.3 is 44.8 Å². The summed E-state index contributed by atoms with van der Waals surface area (Å²) in [6.07, 6.45) is -6.26. The van der Waals surface area contributed by atoms with Crippen LogP contribution in [0, 0.1) is 0 Å². The van der Waals surface area contributed by atoms with E-state index < -0.39 is 88.1 Å². The second kappa shape index (κ2) is 9.82. The van der Waals surface area contributed by atoms with E-state index in [0.717, 1.165) is 7.11 Å². The molecule has 5 rings (SSSR count). The third-order valence-corrected chi connectivity index (χ3v) is 8.22. The number of esters is 1. The molecule has 1 aliphatic heterocycles. The first-order valence-corrected chi connectivity index (χ1v) is 12.9. The molecule has 0 bridgehead atoms. The summed E-state index contributed by atoms with van der Waals surface area (Å²) in [6.45, 7) is 3.10. The topological polar surface area (TPSA) is 200 Å². The molecular formula is C28H30O12. The monoisotopic (exact) mass is 558 g/mol. The van der Waals surface area contributed by atoms with E-state index in [9.17, 15) is 45.0 Å². The summed E-state index contributed by atoms with van der Waals surface area (Å²) >= 11 is 0. The van der Waals surface area contributed by atoms with Gasteiger partial charge in [0.25, 0.3) is 0 Å². The van der Waals surface area contributed by atoms with Crippen LogP contribution < -0.4 is 0 Å². The molecule has 0 spiro atoms. The minimum absolute atomic E-state index is 0.0454. The summed E-state index contributed by atoms with van der Waals surface area (Å²) in [4.78, 5) is 40.1. The quantitative estimate of drug-likeness (QED) is 0.198. The molecule has 1 fully saturated rings. The van der Waals surface area contributed by atoms with Gasteiger partial charge in [0.2, 0.25) is 5.78 Å². The second-order valence-corrected chi connectivity index (χ2v) is 10.4. The van der Waals surface area contributed by atoms with Crippen molar-refractivity contribution in [2.75, 3.05) is 7.11 Å². The summed E-state index contributed by atoms with van der Waals surface area (Å²) in [6, 6.07) is 3.82. The van der Waals surface area contributed by atoms with Gasteiger partial charge in [-0.05, 0) is 19.4 Å². The Kier molecular flexibility index (Phi) is 6.87. The number of phenolic OH excluding ortho intramolecular Hbond substituents is 3. The molecule has 40 heavy (non-hydrogen) atoms. The number of ether oxygens (including phenoxy) is 3. The largest absolute Gasteiger partial charge is 0.507 e. The molecule has 1 heterocycles. The highest BCUT2D eigenvalue weighted by atomic mass is 16.7. The van der Waals surface area contributed by atoms with Gasteiger partial charge in [-0.25, -0.2) is 0 Å². The number of aliphatic hydroxyl groups is 3. The zero-order valence-electron chi connectivity index (χ0n) is 22.0. The minimum Gasteiger partial charge on any atom is -0.507 e. The lowest BCUT2D eigenvalue weighted by molar-refractivity contribution is -0.267. The predicted molar refractivity (Wildman–Crippen MR) is 134 cm³/mol. The highest BCUT2D eigenvalue weighted by Gasteiger charge is 2.54. The molecule has 2 aromatic carbocycles. The summed E-state index contributed by atoms with van der Waals surface area (Å²) in [5.74, 6) is -6.48. The summed E-state index contributed by atoms with van der Waals surface area (Å²) in [5, 5.41) is 65.5. The van der Waals surface area contributed by atoms with Gasteiger partial charge in [-0.15, -0.1) is 0 Å². The smallest absolute Gasteiger partial charge is 0.316 e. The number of benzene rings is 2. The molecule has 0 amide bonds. The first kappa shape index (κ1) is 28.0. The maximum Gasteiger partial charge on any atom is 0.316 e. The van der Waals surface area contributed by atoms with E-state index >= 15 is 0 Å². The molecule has 214 valence electrons. The van der Waals surface area contributed by atoms with Crippen LogP contribution in [0.5, 0.6) is 17.2 Å². The Balaban J connectivity index is 1.76. The number of rotatable bonds is 4. The zero-order valence-corrected chi connectivity index (χ0v) is 22.0. The lowest BCUT2D eigenvalue weighted by Gasteiger charge is -2.45. The van der Waals surface area contributed by atoms with Gasteiger partial charge in [0, 0.05) is 29.5 Å². The fourth-order valence-corrected chi connectivity index (χ4v) is 6.07. The van der Waals surface area contributed by atoms with Crippen LogP contribution in [0.15, 0.2) is 18.2 Å². The molecule has 3 aliphatic rings. The Morgan fingerprint density at radius 2 is 1.70 bits per heavy atom. The van der Waals surface area contributed by atoms with Gasteiger partial charge in [-0.1, -0.05) is 19.1 Å². The van der Waals surface area contributed by atoms with Crippen molar-refractivity contribution in [1.82, 2.24) is 0 Å². The van der Waals surface area contributed by atoms with Crippen LogP contribution in [0.2, 0.25) is 0 Å². The molecule has 12 nitrogen and oxygen atoms in total. The van der Waals surface area contributed by atoms with Crippen molar-refractivity contribution in [2.24, 2.45) is 0 Å². The number of hydrogen-bond donors (Lipinski definition) is 6. The molecule has 0 radical (unpaired) electrons. The Labute approximate surface area is 228 Å². The number of carbonyl (C=O) groups excluding carboxylic acids is 3. The molecule has 12 heteroatoms. The standard InChI is InChI=1S/C28H30O12/c1-4-28(37)9-14(40-15-8-13(30)22(31)10(2)39-15)17-18(21(28)27(36)38-3)26(35)19-20(25(17)34)24(33)16-11(23(19)32)6-5-7-12(16)29/h5-7,10,13-15,21-22,29-31,34-35,37H,4,8-9H2,1-3H3/t10-,13-,14-,15-,21-,22-,28+/m0/s1. The molecular weight excluding hydrogens is 528 g/mol. The predicted octanol–water partition coefficient (Wildman–Crippen LogP) is 1.29. The maximum absolute atomic E-state index is 13.6. The average Bonchev–Trinajstić information content (AvgIpc) is 2.91. The van der Waals surface area contributed by atoms with Crippen LogP contribution in [-0.4, -0.2) is 85.5 Å². The highest BCUT2D eigenvalue weighted by Crippen LogP contribution is 2.57. The van der Waals surface area contributed by atoms with Crippen LogP contribution in [0.25, 0.3) is 0 Å². The van der Waals surface area contributed by atoms with E-state index in [2.05, 4.69) is 0 Å². The van der Waals surface area contributed by atoms with Crippen molar-refractivity contribution >= 4 is 17.5 Å². The normalized spacial score (nSPS) is 31.2. The number of phenols is 3. The van der Waals surface area contributed by atoms with Crippen molar-refractivity contribution in [3.05, 3.63) is 51.6 Å². The summed E-state index contributed by atoms with van der Waals surface area (Å²) < 4.78 is 16.7. The van der Waals surface area contributed by atoms with Gasteiger partial charge in [0.15, 0.2) is 12.1 Å². The number of hydrogen-bond acceptors (Lipinski definition) is 12. The number of fused-ring (bicyclic) bond motifs is 3. The Morgan fingerprint density at radius 1 is 1.05 bits per heavy atom. The number of ketones is 2. The van der Waals surface area contributed by atoms with E-state index in [1.165, 1.54) is 25.1 Å². The average molecular weight is 559 g/mol. The maximum atomic E-state index is 13.6. The molecule has 1 saturated heterocycles. The van der Waals surface area contributed by atoms with Crippen LogP contribution in [0.4, 0.5) is 0 Å². The van der Waals surface area contributed by atoms with Crippen molar-refractivity contribution in [1.29, 1.82) is 0 Å². The fourth-order valence-electron chi connectivity index (χ4n) is 6.07. The van der Waals surface area contributed by atoms with E-state index in [1.54, 1.807) is 6.92 Å². The van der Waals surface area contributed by atoms with Crippen molar-refractivity contribution in [2.45, 2.75) is 75.3 Å². The Hall–Kier alpha value is -3.55. The van der Waals surface area contributed by atoms with Gasteiger partial charge in [-0.2, -0.15) is 0 Å². The van der Waals surface area contributed by atoms with Gasteiger partial charge in [0.1, 0.15) is 29.3 Å². The van der Waals surface area contributed by atoms with Crippen LogP contribution in [0.3, 0.4) is 0 Å². The molecule has 2 aliphatic carbocycles. The second-order valence-electron chi connectivity index (χ2n) is 10.4. The Bertz CT molecular complexity index is 1400. The zero-order chi connectivity index (χ0) is 29.3. The Morgan fingerprint density at radius 3 is 2.33 bits per heavy atom. The molecule has 2 aromatic rings. The molecule has 0 saturated carbocycles. The summed E-state index contributed by atoms with van der Waals surface area (Å²) in [7, 11) is 1.08. The first-order chi connectivity index (χ1) is 18.9. The fraction of sp³-hybridized carbons (Fsp3) is 0.464. The number of methoxy groups -OCH3 is 1. The molecule has 6 N–H and O–H groups in total. The van der Waals surface area contributed by atoms with Gasteiger partial charge in [-0.3, -0.25) is 14.4 Å². The van der Waals surface area contributed by atoms with E-state index in [1.807, 2.05) is 0 Å². The third-order valence-electron chi connectivity index (χ3n) is 8.22. The lowest BCUT2D eigenvalue weighted by Crippen LogP contribution is -2.50. The number of aliphatic hydroxyl groups excluding tert-OH is 2. The first-order valence-electron chi connectivity index (χ1n) is 12.9. The van der Waals surface area contributed by atoms with Crippen LogP contribution in [-0.2, 0) is 19.0 Å². The van der Waals surface area contributed by atoms with Crippen LogP contribution >= 0.6 is 0 Å². The van der Waals surface area contributed by atoms with Gasteiger partial charge in [0.05, 0.1) is 47.7 Å². The summed E-state index contributed by atoms with van der Waals surface area (Å²) in [5.41, 5.74) is -4.26. The van der Waals surface area contributed by atoms with Crippen molar-refractivity contribution in [3.8, 4) is 17.2 Å². The molecule has 7 atom stereocenters. The highest BCUT2D eigenvalue weighted by molar-refractivity contribution is 6.31. The number of aromatic hydroxyl groups is 3. The lowest BCUT2D eigenvalue weighted by atomic mass is 9.66. The van der Waals surface area contributed by atoms with Crippen molar-refractivity contribution < 1.29 is 59.2 Å².